The molecular formula is C23H41N3O8. The standard InChI is InChI=1S/C23H41N3O8/c1-21(2,3)32-17(28)13-11-15(19(30)34-23(7,8)9)26-20(31)25-14(10-12-16(24)27)18(29)33-22(4,5)6/h14-15H,10-13H2,1-9H3,(H2,24,27)(H2,25,26,31)/t14-,15-/m0/s1. The van der Waals surface area contributed by atoms with E-state index in [0.29, 0.717) is 0 Å². The number of carbonyl (C=O) groups is 5. The first-order valence-corrected chi connectivity index (χ1v) is 11.2. The molecule has 0 aliphatic heterocycles. The van der Waals surface area contributed by atoms with E-state index >= 15 is 0 Å². The van der Waals surface area contributed by atoms with Crippen LogP contribution in [0.2, 0.25) is 0 Å². The Kier molecular flexibility index (Phi) is 11.5. The Morgan fingerprint density at radius 1 is 0.647 bits per heavy atom. The summed E-state index contributed by atoms with van der Waals surface area (Å²) in [5.74, 6) is -2.71. The molecule has 0 aromatic carbocycles. The third-order valence-electron chi connectivity index (χ3n) is 3.73. The first-order valence-electron chi connectivity index (χ1n) is 11.2. The number of primary amides is 1. The average molecular weight is 488 g/mol. The molecule has 0 aromatic rings. The van der Waals surface area contributed by atoms with Crippen molar-refractivity contribution in [2.45, 2.75) is 117 Å². The summed E-state index contributed by atoms with van der Waals surface area (Å²) < 4.78 is 15.9. The Hall–Kier alpha value is -2.85. The van der Waals surface area contributed by atoms with Crippen molar-refractivity contribution in [1.29, 1.82) is 0 Å². The first kappa shape index (κ1) is 31.1. The second-order valence-electron chi connectivity index (χ2n) is 10.9. The highest BCUT2D eigenvalue weighted by molar-refractivity contribution is 5.88. The zero-order chi connectivity index (χ0) is 26.9. The maximum atomic E-state index is 12.7. The number of esters is 3. The number of nitrogens with two attached hydrogens (primary N) is 1. The molecule has 4 N–H and O–H groups in total. The molecule has 34 heavy (non-hydrogen) atoms. The number of ether oxygens (including phenoxy) is 3. The molecule has 11 nitrogen and oxygen atoms in total. The molecule has 11 heteroatoms. The fourth-order valence-electron chi connectivity index (χ4n) is 2.54. The zero-order valence-electron chi connectivity index (χ0n) is 21.8. The van der Waals surface area contributed by atoms with Crippen LogP contribution in [0.15, 0.2) is 0 Å². The lowest BCUT2D eigenvalue weighted by Crippen LogP contribution is -2.53. The summed E-state index contributed by atoms with van der Waals surface area (Å²) in [4.78, 5) is 61.1. The number of hydrogen-bond donors (Lipinski definition) is 3. The highest BCUT2D eigenvalue weighted by Crippen LogP contribution is 2.14. The molecule has 0 aromatic heterocycles. The van der Waals surface area contributed by atoms with Crippen molar-refractivity contribution in [3.63, 3.8) is 0 Å². The predicted octanol–water partition coefficient (Wildman–Crippen LogP) is 2.09. The van der Waals surface area contributed by atoms with Crippen LogP contribution in [-0.2, 0) is 33.4 Å². The highest BCUT2D eigenvalue weighted by Gasteiger charge is 2.31. The average Bonchev–Trinajstić information content (AvgIpc) is 2.57. The maximum absolute atomic E-state index is 12.7. The molecule has 3 amide bonds. The topological polar surface area (TPSA) is 163 Å². The largest absolute Gasteiger partial charge is 0.460 e. The van der Waals surface area contributed by atoms with Gasteiger partial charge < -0.3 is 30.6 Å². The van der Waals surface area contributed by atoms with Crippen molar-refractivity contribution >= 4 is 29.8 Å². The van der Waals surface area contributed by atoms with Crippen molar-refractivity contribution in [2.24, 2.45) is 5.73 Å². The molecule has 0 rings (SSSR count). The summed E-state index contributed by atoms with van der Waals surface area (Å²) in [6.45, 7) is 15.1. The Labute approximate surface area is 201 Å². The number of rotatable bonds is 10. The fourth-order valence-corrected chi connectivity index (χ4v) is 2.54. The summed E-state index contributed by atoms with van der Waals surface area (Å²) in [6.07, 6.45) is -0.501. The molecule has 0 fully saturated rings. The minimum Gasteiger partial charge on any atom is -0.460 e. The molecule has 2 atom stereocenters. The summed E-state index contributed by atoms with van der Waals surface area (Å²) in [5, 5.41) is 4.85. The van der Waals surface area contributed by atoms with Gasteiger partial charge in [0, 0.05) is 12.8 Å². The third kappa shape index (κ3) is 15.9. The second kappa shape index (κ2) is 12.6. The summed E-state index contributed by atoms with van der Waals surface area (Å²) >= 11 is 0. The zero-order valence-corrected chi connectivity index (χ0v) is 21.8. The second-order valence-corrected chi connectivity index (χ2v) is 10.9. The van der Waals surface area contributed by atoms with Gasteiger partial charge in [-0.05, 0) is 75.2 Å². The molecule has 0 spiro atoms. The van der Waals surface area contributed by atoms with Crippen LogP contribution in [0.5, 0.6) is 0 Å². The van der Waals surface area contributed by atoms with Gasteiger partial charge >= 0.3 is 23.9 Å². The van der Waals surface area contributed by atoms with Crippen LogP contribution in [0.3, 0.4) is 0 Å². The van der Waals surface area contributed by atoms with E-state index in [9.17, 15) is 24.0 Å². The molecule has 0 heterocycles. The van der Waals surface area contributed by atoms with Crippen LogP contribution >= 0.6 is 0 Å². The molecule has 0 aliphatic rings. The molecule has 196 valence electrons. The van der Waals surface area contributed by atoms with Crippen LogP contribution < -0.4 is 16.4 Å². The Morgan fingerprint density at radius 3 is 1.32 bits per heavy atom. The van der Waals surface area contributed by atoms with Gasteiger partial charge in [0.2, 0.25) is 5.91 Å². The first-order chi connectivity index (χ1) is 15.2. The van der Waals surface area contributed by atoms with Crippen LogP contribution in [-0.4, -0.2) is 58.7 Å². The Balaban J connectivity index is 5.43. The van der Waals surface area contributed by atoms with Gasteiger partial charge in [0.1, 0.15) is 28.9 Å². The summed E-state index contributed by atoms with van der Waals surface area (Å²) in [5.41, 5.74) is 2.80. The molecule has 0 bridgehead atoms. The van der Waals surface area contributed by atoms with E-state index in [-0.39, 0.29) is 25.7 Å². The number of urea groups is 1. The van der Waals surface area contributed by atoms with Gasteiger partial charge in [0.15, 0.2) is 0 Å². The number of amides is 3. The van der Waals surface area contributed by atoms with Crippen molar-refractivity contribution in [2.75, 3.05) is 0 Å². The quantitative estimate of drug-likeness (QED) is 0.311. The van der Waals surface area contributed by atoms with Gasteiger partial charge in [-0.2, -0.15) is 0 Å². The normalized spacial score (nSPS) is 13.8. The van der Waals surface area contributed by atoms with E-state index in [1.165, 1.54) is 0 Å². The van der Waals surface area contributed by atoms with Crippen molar-refractivity contribution in [1.82, 2.24) is 10.6 Å². The number of hydrogen-bond acceptors (Lipinski definition) is 8. The molecule has 0 saturated carbocycles. The Morgan fingerprint density at radius 2 is 1.00 bits per heavy atom. The van der Waals surface area contributed by atoms with E-state index in [2.05, 4.69) is 10.6 Å². The fraction of sp³-hybridized carbons (Fsp3) is 0.783. The monoisotopic (exact) mass is 487 g/mol. The van der Waals surface area contributed by atoms with Crippen molar-refractivity contribution in [3.05, 3.63) is 0 Å². The van der Waals surface area contributed by atoms with E-state index in [4.69, 9.17) is 19.9 Å². The van der Waals surface area contributed by atoms with Gasteiger partial charge in [-0.1, -0.05) is 0 Å². The molecule has 0 unspecified atom stereocenters. The molecule has 0 saturated heterocycles. The smallest absolute Gasteiger partial charge is 0.329 e. The van der Waals surface area contributed by atoms with Gasteiger partial charge in [-0.3, -0.25) is 9.59 Å². The van der Waals surface area contributed by atoms with Crippen LogP contribution in [0.1, 0.15) is 88.0 Å². The SMILES string of the molecule is CC(C)(C)OC(=O)CC[C@H](NC(=O)N[C@@H](CCC(N)=O)C(=O)OC(C)(C)C)C(=O)OC(C)(C)C. The summed E-state index contributed by atoms with van der Waals surface area (Å²) in [6, 6.07) is -3.25. The predicted molar refractivity (Wildman–Crippen MR) is 124 cm³/mol. The Bertz CT molecular complexity index is 745. The minimum atomic E-state index is -1.19. The van der Waals surface area contributed by atoms with Crippen LogP contribution in [0.4, 0.5) is 4.79 Å². The lowest BCUT2D eigenvalue weighted by Gasteiger charge is -2.27. The lowest BCUT2D eigenvalue weighted by molar-refractivity contribution is -0.159. The van der Waals surface area contributed by atoms with E-state index in [1.807, 2.05) is 0 Å². The van der Waals surface area contributed by atoms with Gasteiger partial charge in [-0.25, -0.2) is 14.4 Å². The van der Waals surface area contributed by atoms with Gasteiger partial charge in [-0.15, -0.1) is 0 Å². The molecule has 0 radical (unpaired) electrons. The third-order valence-corrected chi connectivity index (χ3v) is 3.73. The van der Waals surface area contributed by atoms with E-state index < -0.39 is 58.7 Å². The van der Waals surface area contributed by atoms with Gasteiger partial charge in [0.05, 0.1) is 0 Å². The van der Waals surface area contributed by atoms with Gasteiger partial charge in [0.25, 0.3) is 0 Å². The van der Waals surface area contributed by atoms with Crippen molar-refractivity contribution in [3.8, 4) is 0 Å². The van der Waals surface area contributed by atoms with E-state index in [0.717, 1.165) is 0 Å². The number of carbonyl (C=O) groups excluding carboxylic acids is 5. The van der Waals surface area contributed by atoms with E-state index in [1.54, 1.807) is 62.3 Å². The lowest BCUT2D eigenvalue weighted by atomic mass is 10.1. The highest BCUT2D eigenvalue weighted by atomic mass is 16.6. The number of nitrogens with one attached hydrogen (secondary N) is 2. The molecule has 0 aliphatic carbocycles. The minimum absolute atomic E-state index is 0.0877. The van der Waals surface area contributed by atoms with Crippen LogP contribution in [0.25, 0.3) is 0 Å². The molecular weight excluding hydrogens is 446 g/mol. The maximum Gasteiger partial charge on any atom is 0.329 e. The van der Waals surface area contributed by atoms with Crippen molar-refractivity contribution < 1.29 is 38.2 Å². The van der Waals surface area contributed by atoms with Crippen LogP contribution in [0, 0.1) is 0 Å². The summed E-state index contributed by atoms with van der Waals surface area (Å²) in [7, 11) is 0.